The van der Waals surface area contributed by atoms with Gasteiger partial charge in [0, 0.05) is 12.4 Å². The van der Waals surface area contributed by atoms with Gasteiger partial charge in [0.2, 0.25) is 0 Å². The SMILES string of the molecule is COC(=O)C1CC[C@@](O)(c2ncc(-c3cccc(Br)n3)s2)CC1(C)C.COC(=O)[C@H]1CC[C@](O)(c2ncc(-c3cccc(Br)n3)s2)CC1(C)C. The van der Waals surface area contributed by atoms with Crippen molar-refractivity contribution in [2.75, 3.05) is 14.2 Å². The molecular formula is C36H42Br2N4O6S2. The molecule has 1 unspecified atom stereocenters. The lowest BCUT2D eigenvalue weighted by Crippen LogP contribution is -2.45. The van der Waals surface area contributed by atoms with Crippen LogP contribution in [-0.4, -0.2) is 56.3 Å². The lowest BCUT2D eigenvalue weighted by Gasteiger charge is -2.44. The molecule has 4 atom stereocenters. The summed E-state index contributed by atoms with van der Waals surface area (Å²) in [5, 5.41) is 23.8. The van der Waals surface area contributed by atoms with Crippen LogP contribution in [-0.2, 0) is 30.3 Å². The third-order valence-corrected chi connectivity index (χ3v) is 13.1. The van der Waals surface area contributed by atoms with E-state index in [1.165, 1.54) is 36.9 Å². The molecule has 268 valence electrons. The highest BCUT2D eigenvalue weighted by Gasteiger charge is 2.51. The van der Waals surface area contributed by atoms with Crippen LogP contribution in [0.5, 0.6) is 0 Å². The number of hydrogen-bond acceptors (Lipinski definition) is 12. The van der Waals surface area contributed by atoms with E-state index in [-0.39, 0.29) is 34.6 Å². The Kier molecular flexibility index (Phi) is 11.7. The molecule has 4 aromatic heterocycles. The molecule has 2 N–H and O–H groups in total. The van der Waals surface area contributed by atoms with Gasteiger partial charge in [-0.1, -0.05) is 39.8 Å². The average molecular weight is 851 g/mol. The van der Waals surface area contributed by atoms with Crippen molar-refractivity contribution < 1.29 is 29.3 Å². The molecule has 2 fully saturated rings. The summed E-state index contributed by atoms with van der Waals surface area (Å²) in [5.41, 5.74) is -1.13. The highest BCUT2D eigenvalue weighted by atomic mass is 79.9. The summed E-state index contributed by atoms with van der Waals surface area (Å²) in [6, 6.07) is 11.4. The molecule has 0 amide bonds. The van der Waals surface area contributed by atoms with Crippen molar-refractivity contribution in [3.8, 4) is 21.1 Å². The topological polar surface area (TPSA) is 145 Å². The third-order valence-electron chi connectivity index (χ3n) is 9.79. The van der Waals surface area contributed by atoms with E-state index in [4.69, 9.17) is 9.47 Å². The predicted molar refractivity (Wildman–Crippen MR) is 200 cm³/mol. The molecule has 14 heteroatoms. The molecule has 0 spiro atoms. The molecule has 50 heavy (non-hydrogen) atoms. The molecule has 2 saturated carbocycles. The summed E-state index contributed by atoms with van der Waals surface area (Å²) in [6.45, 7) is 8.01. The van der Waals surface area contributed by atoms with Crippen molar-refractivity contribution in [1.82, 2.24) is 19.9 Å². The van der Waals surface area contributed by atoms with E-state index in [0.717, 1.165) is 30.3 Å². The Morgan fingerprint density at radius 1 is 0.720 bits per heavy atom. The van der Waals surface area contributed by atoms with Crippen LogP contribution >= 0.6 is 54.5 Å². The number of rotatable bonds is 6. The lowest BCUT2D eigenvalue weighted by molar-refractivity contribution is -0.158. The van der Waals surface area contributed by atoms with Crippen LogP contribution in [0.3, 0.4) is 0 Å². The van der Waals surface area contributed by atoms with E-state index in [9.17, 15) is 19.8 Å². The maximum atomic E-state index is 12.0. The molecule has 0 aliphatic heterocycles. The molecule has 10 nitrogen and oxygen atoms in total. The number of esters is 2. The van der Waals surface area contributed by atoms with E-state index in [2.05, 4.69) is 51.8 Å². The van der Waals surface area contributed by atoms with Gasteiger partial charge in [0.05, 0.1) is 47.2 Å². The number of carbonyl (C=O) groups excluding carboxylic acids is 2. The number of aliphatic hydroxyl groups is 2. The zero-order chi connectivity index (χ0) is 36.5. The van der Waals surface area contributed by atoms with Crippen LogP contribution in [0, 0.1) is 22.7 Å². The Labute approximate surface area is 317 Å². The maximum Gasteiger partial charge on any atom is 0.309 e. The van der Waals surface area contributed by atoms with E-state index in [1.54, 1.807) is 12.4 Å². The van der Waals surface area contributed by atoms with Gasteiger partial charge >= 0.3 is 11.9 Å². The highest BCUT2D eigenvalue weighted by molar-refractivity contribution is 9.10. The quantitative estimate of drug-likeness (QED) is 0.144. The monoisotopic (exact) mass is 848 g/mol. The molecule has 6 rings (SSSR count). The van der Waals surface area contributed by atoms with E-state index >= 15 is 0 Å². The van der Waals surface area contributed by atoms with E-state index in [0.29, 0.717) is 48.5 Å². The van der Waals surface area contributed by atoms with Gasteiger partial charge in [-0.05, 0) is 105 Å². The third kappa shape index (κ3) is 8.36. The van der Waals surface area contributed by atoms with E-state index in [1.807, 2.05) is 64.1 Å². The minimum Gasteiger partial charge on any atom is -0.469 e. The number of halogens is 2. The largest absolute Gasteiger partial charge is 0.469 e. The van der Waals surface area contributed by atoms with Gasteiger partial charge in [0.15, 0.2) is 0 Å². The minimum absolute atomic E-state index is 0.204. The first kappa shape index (κ1) is 38.6. The number of ether oxygens (including phenoxy) is 2. The first-order chi connectivity index (χ1) is 23.5. The Morgan fingerprint density at radius 2 is 1.10 bits per heavy atom. The molecule has 0 aromatic carbocycles. The Balaban J connectivity index is 0.000000194. The predicted octanol–water partition coefficient (Wildman–Crippen LogP) is 8.31. The van der Waals surface area contributed by atoms with Crippen molar-refractivity contribution in [2.24, 2.45) is 22.7 Å². The second-order valence-corrected chi connectivity index (χ2v) is 18.1. The second-order valence-electron chi connectivity index (χ2n) is 14.4. The van der Waals surface area contributed by atoms with Crippen LogP contribution in [0.4, 0.5) is 0 Å². The normalized spacial score (nSPS) is 25.6. The number of nitrogens with zero attached hydrogens (tertiary/aromatic N) is 4. The number of aromatic nitrogens is 4. The van der Waals surface area contributed by atoms with Crippen molar-refractivity contribution in [1.29, 1.82) is 0 Å². The fourth-order valence-electron chi connectivity index (χ4n) is 7.31. The van der Waals surface area contributed by atoms with Gasteiger partial charge in [-0.15, -0.1) is 22.7 Å². The zero-order valence-electron chi connectivity index (χ0n) is 28.9. The van der Waals surface area contributed by atoms with Crippen molar-refractivity contribution in [3.05, 3.63) is 68.0 Å². The summed E-state index contributed by atoms with van der Waals surface area (Å²) >= 11 is 9.66. The zero-order valence-corrected chi connectivity index (χ0v) is 33.7. The first-order valence-electron chi connectivity index (χ1n) is 16.3. The first-order valence-corrected chi connectivity index (χ1v) is 19.5. The molecule has 4 heterocycles. The summed E-state index contributed by atoms with van der Waals surface area (Å²) < 4.78 is 11.4. The van der Waals surface area contributed by atoms with Crippen molar-refractivity contribution >= 4 is 66.5 Å². The molecular weight excluding hydrogens is 808 g/mol. The van der Waals surface area contributed by atoms with Gasteiger partial charge in [0.25, 0.3) is 0 Å². The molecule has 2 aliphatic rings. The van der Waals surface area contributed by atoms with Crippen LogP contribution in [0.2, 0.25) is 0 Å². The van der Waals surface area contributed by atoms with Gasteiger partial charge in [-0.2, -0.15) is 0 Å². The average Bonchev–Trinajstić information content (AvgIpc) is 3.76. The number of methoxy groups -OCH3 is 2. The van der Waals surface area contributed by atoms with Crippen LogP contribution < -0.4 is 0 Å². The highest BCUT2D eigenvalue weighted by Crippen LogP contribution is 2.52. The summed E-state index contributed by atoms with van der Waals surface area (Å²) in [6.07, 6.45) is 6.61. The summed E-state index contributed by atoms with van der Waals surface area (Å²) in [4.78, 5) is 43.7. The van der Waals surface area contributed by atoms with Gasteiger partial charge < -0.3 is 19.7 Å². The fraction of sp³-hybridized carbons (Fsp3) is 0.500. The Morgan fingerprint density at radius 3 is 1.42 bits per heavy atom. The van der Waals surface area contributed by atoms with Gasteiger partial charge in [-0.3, -0.25) is 9.59 Å². The van der Waals surface area contributed by atoms with E-state index < -0.39 is 11.2 Å². The smallest absolute Gasteiger partial charge is 0.309 e. The second kappa shape index (κ2) is 15.2. The fourth-order valence-corrected chi connectivity index (χ4v) is 10.00. The molecule has 0 radical (unpaired) electrons. The number of pyridine rings is 2. The molecule has 2 aliphatic carbocycles. The molecule has 0 bridgehead atoms. The standard InChI is InChI=1S/2C18H21BrN2O3S/c2*1-17(2)10-18(23,8-7-11(17)15(22)24-3)16-20-9-13(25-16)12-5-4-6-14(19)21-12/h2*4-6,9,11,23H,7-8,10H2,1-3H3/t11?,18-;11-,18-/m01/s1. The van der Waals surface area contributed by atoms with Crippen LogP contribution in [0.1, 0.15) is 76.2 Å². The maximum absolute atomic E-state index is 12.0. The van der Waals surface area contributed by atoms with Crippen LogP contribution in [0.25, 0.3) is 21.1 Å². The van der Waals surface area contributed by atoms with Crippen molar-refractivity contribution in [2.45, 2.75) is 77.4 Å². The van der Waals surface area contributed by atoms with Crippen molar-refractivity contribution in [3.63, 3.8) is 0 Å². The van der Waals surface area contributed by atoms with Crippen LogP contribution in [0.15, 0.2) is 58.0 Å². The summed E-state index contributed by atoms with van der Waals surface area (Å²) in [5.74, 6) is -0.816. The number of thiazole rings is 2. The van der Waals surface area contributed by atoms with Gasteiger partial charge in [0.1, 0.15) is 30.4 Å². The minimum atomic E-state index is -1.02. The summed E-state index contributed by atoms with van der Waals surface area (Å²) in [7, 11) is 2.83. The number of carbonyl (C=O) groups is 2. The lowest BCUT2D eigenvalue weighted by atomic mass is 9.63. The Bertz CT molecular complexity index is 1720. The van der Waals surface area contributed by atoms with Gasteiger partial charge in [-0.25, -0.2) is 19.9 Å². The Hall–Kier alpha value is -2.62. The molecule has 4 aromatic rings. The number of hydrogen-bond donors (Lipinski definition) is 2. The molecule has 0 saturated heterocycles.